The third-order valence-corrected chi connectivity index (χ3v) is 6.27. The van der Waals surface area contributed by atoms with E-state index < -0.39 is 19.9 Å². The molecule has 2 heterocycles. The Balaban J connectivity index is 2.18. The van der Waals surface area contributed by atoms with Crippen molar-refractivity contribution in [2.24, 2.45) is 0 Å². The minimum absolute atomic E-state index is 0.0211. The standard InChI is InChI=1S/C10H16N2O5S2/c1-11-8-9-2-3-10(17-9)19(15,16)12-4-6-18(13,14)7-5-12/h2-3,11H,4-8H2,1H3. The molecule has 1 aromatic rings. The first-order valence-corrected chi connectivity index (χ1v) is 9.05. The van der Waals surface area contributed by atoms with Crippen molar-refractivity contribution in [3.05, 3.63) is 17.9 Å². The summed E-state index contributed by atoms with van der Waals surface area (Å²) in [5.74, 6) is 0.234. The molecule has 7 nitrogen and oxygen atoms in total. The number of nitrogens with one attached hydrogen (secondary N) is 1. The van der Waals surface area contributed by atoms with Crippen molar-refractivity contribution >= 4 is 19.9 Å². The quantitative estimate of drug-likeness (QED) is 0.799. The van der Waals surface area contributed by atoms with Crippen LogP contribution in [-0.4, -0.2) is 52.8 Å². The van der Waals surface area contributed by atoms with Crippen LogP contribution in [-0.2, 0) is 26.4 Å². The monoisotopic (exact) mass is 308 g/mol. The number of hydrogen-bond acceptors (Lipinski definition) is 6. The van der Waals surface area contributed by atoms with E-state index in [-0.39, 0.29) is 29.7 Å². The number of rotatable bonds is 4. The zero-order valence-electron chi connectivity index (χ0n) is 10.5. The molecule has 1 aliphatic heterocycles. The van der Waals surface area contributed by atoms with Gasteiger partial charge in [0.25, 0.3) is 10.0 Å². The molecular formula is C10H16N2O5S2. The van der Waals surface area contributed by atoms with Crippen LogP contribution in [0.1, 0.15) is 5.76 Å². The number of nitrogens with zero attached hydrogens (tertiary/aromatic N) is 1. The zero-order chi connectivity index (χ0) is 14.1. The smallest absolute Gasteiger partial charge is 0.276 e. The molecule has 0 aromatic carbocycles. The maximum absolute atomic E-state index is 12.2. The van der Waals surface area contributed by atoms with Gasteiger partial charge in [-0.3, -0.25) is 0 Å². The van der Waals surface area contributed by atoms with Crippen LogP contribution in [0.15, 0.2) is 21.6 Å². The maximum Gasteiger partial charge on any atom is 0.276 e. The Kier molecular flexibility index (Phi) is 4.00. The lowest BCUT2D eigenvalue weighted by atomic mass is 10.4. The molecule has 2 rings (SSSR count). The second kappa shape index (κ2) is 5.23. The summed E-state index contributed by atoms with van der Waals surface area (Å²) in [6, 6.07) is 2.98. The molecule has 19 heavy (non-hydrogen) atoms. The third kappa shape index (κ3) is 3.16. The molecule has 0 unspecified atom stereocenters. The molecule has 1 fully saturated rings. The predicted octanol–water partition coefficient (Wildman–Crippen LogP) is -0.582. The fourth-order valence-corrected chi connectivity index (χ4v) is 4.63. The molecule has 0 atom stereocenters. The summed E-state index contributed by atoms with van der Waals surface area (Å²) < 4.78 is 53.5. The average molecular weight is 308 g/mol. The fraction of sp³-hybridized carbons (Fsp3) is 0.600. The van der Waals surface area contributed by atoms with E-state index in [1.54, 1.807) is 13.1 Å². The van der Waals surface area contributed by atoms with Gasteiger partial charge in [-0.1, -0.05) is 0 Å². The van der Waals surface area contributed by atoms with Gasteiger partial charge in [0.1, 0.15) is 5.76 Å². The van der Waals surface area contributed by atoms with Gasteiger partial charge in [0, 0.05) is 13.1 Å². The Morgan fingerprint density at radius 3 is 2.53 bits per heavy atom. The van der Waals surface area contributed by atoms with Gasteiger partial charge in [0.15, 0.2) is 9.84 Å². The van der Waals surface area contributed by atoms with Crippen LogP contribution in [0.25, 0.3) is 0 Å². The van der Waals surface area contributed by atoms with Crippen LogP contribution in [0.3, 0.4) is 0 Å². The van der Waals surface area contributed by atoms with Crippen molar-refractivity contribution in [3.63, 3.8) is 0 Å². The SMILES string of the molecule is CNCc1ccc(S(=O)(=O)N2CCS(=O)(=O)CC2)o1. The summed E-state index contributed by atoms with van der Waals surface area (Å²) in [5, 5.41) is 2.72. The Morgan fingerprint density at radius 1 is 1.32 bits per heavy atom. The van der Waals surface area contributed by atoms with Crippen molar-refractivity contribution in [3.8, 4) is 0 Å². The third-order valence-electron chi connectivity index (χ3n) is 2.89. The lowest BCUT2D eigenvalue weighted by Crippen LogP contribution is -2.43. The highest BCUT2D eigenvalue weighted by Gasteiger charge is 2.33. The minimum Gasteiger partial charge on any atom is -0.447 e. The normalized spacial score (nSPS) is 20.5. The number of sulfone groups is 1. The van der Waals surface area contributed by atoms with Crippen LogP contribution >= 0.6 is 0 Å². The van der Waals surface area contributed by atoms with Crippen molar-refractivity contribution < 1.29 is 21.3 Å². The highest BCUT2D eigenvalue weighted by molar-refractivity contribution is 7.92. The Morgan fingerprint density at radius 2 is 1.95 bits per heavy atom. The van der Waals surface area contributed by atoms with Gasteiger partial charge in [-0.15, -0.1) is 0 Å². The first-order valence-electron chi connectivity index (χ1n) is 5.79. The average Bonchev–Trinajstić information content (AvgIpc) is 2.78. The Hall–Kier alpha value is -0.900. The molecule has 0 radical (unpaired) electrons. The van der Waals surface area contributed by atoms with Crippen LogP contribution in [0, 0.1) is 0 Å². The molecule has 1 saturated heterocycles. The van der Waals surface area contributed by atoms with E-state index >= 15 is 0 Å². The Labute approximate surface area is 112 Å². The lowest BCUT2D eigenvalue weighted by molar-refractivity contribution is 0.372. The van der Waals surface area contributed by atoms with Crippen molar-refractivity contribution in [2.75, 3.05) is 31.6 Å². The maximum atomic E-state index is 12.2. The zero-order valence-corrected chi connectivity index (χ0v) is 12.1. The van der Waals surface area contributed by atoms with E-state index in [0.717, 1.165) is 4.31 Å². The van der Waals surface area contributed by atoms with E-state index in [0.29, 0.717) is 12.3 Å². The first kappa shape index (κ1) is 14.5. The van der Waals surface area contributed by atoms with Crippen LogP contribution in [0.4, 0.5) is 0 Å². The first-order chi connectivity index (χ1) is 8.85. The molecular weight excluding hydrogens is 292 g/mol. The predicted molar refractivity (Wildman–Crippen MR) is 68.9 cm³/mol. The molecule has 0 amide bonds. The summed E-state index contributed by atoms with van der Waals surface area (Å²) in [6.07, 6.45) is 0. The van der Waals surface area contributed by atoms with Gasteiger partial charge in [0.05, 0.1) is 18.1 Å². The van der Waals surface area contributed by atoms with Crippen molar-refractivity contribution in [2.45, 2.75) is 11.6 Å². The van der Waals surface area contributed by atoms with Gasteiger partial charge >= 0.3 is 0 Å². The molecule has 1 aliphatic rings. The fourth-order valence-electron chi connectivity index (χ4n) is 1.83. The van der Waals surface area contributed by atoms with E-state index in [1.807, 2.05) is 0 Å². The lowest BCUT2D eigenvalue weighted by Gasteiger charge is -2.24. The number of hydrogen-bond donors (Lipinski definition) is 1. The summed E-state index contributed by atoms with van der Waals surface area (Å²) in [5.41, 5.74) is 0. The molecule has 0 spiro atoms. The summed E-state index contributed by atoms with van der Waals surface area (Å²) in [4.78, 5) is 0. The number of sulfonamides is 1. The largest absolute Gasteiger partial charge is 0.447 e. The van der Waals surface area contributed by atoms with E-state index in [4.69, 9.17) is 4.42 Å². The Bertz CT molecular complexity index is 633. The molecule has 1 N–H and O–H groups in total. The summed E-state index contributed by atoms with van der Waals surface area (Å²) in [7, 11) is -5.12. The van der Waals surface area contributed by atoms with Crippen LogP contribution < -0.4 is 5.32 Å². The second-order valence-electron chi connectivity index (χ2n) is 4.31. The van der Waals surface area contributed by atoms with Gasteiger partial charge in [-0.25, -0.2) is 16.8 Å². The van der Waals surface area contributed by atoms with Gasteiger partial charge in [-0.05, 0) is 19.2 Å². The minimum atomic E-state index is -3.74. The van der Waals surface area contributed by atoms with Gasteiger partial charge < -0.3 is 9.73 Å². The van der Waals surface area contributed by atoms with E-state index in [2.05, 4.69) is 5.32 Å². The van der Waals surface area contributed by atoms with Crippen LogP contribution in [0.2, 0.25) is 0 Å². The van der Waals surface area contributed by atoms with Gasteiger partial charge in [0.2, 0.25) is 5.09 Å². The highest BCUT2D eigenvalue weighted by atomic mass is 32.2. The molecule has 0 bridgehead atoms. The van der Waals surface area contributed by atoms with Crippen molar-refractivity contribution in [1.29, 1.82) is 0 Å². The molecule has 1 aromatic heterocycles. The van der Waals surface area contributed by atoms with Gasteiger partial charge in [-0.2, -0.15) is 4.31 Å². The van der Waals surface area contributed by atoms with Crippen LogP contribution in [0.5, 0.6) is 0 Å². The second-order valence-corrected chi connectivity index (χ2v) is 8.48. The summed E-state index contributed by atoms with van der Waals surface area (Å²) >= 11 is 0. The molecule has 0 saturated carbocycles. The molecule has 0 aliphatic carbocycles. The molecule has 9 heteroatoms. The summed E-state index contributed by atoms with van der Waals surface area (Å²) in [6.45, 7) is 0.392. The number of furan rings is 1. The highest BCUT2D eigenvalue weighted by Crippen LogP contribution is 2.20. The van der Waals surface area contributed by atoms with E-state index in [9.17, 15) is 16.8 Å². The van der Waals surface area contributed by atoms with Crippen molar-refractivity contribution in [1.82, 2.24) is 9.62 Å². The topological polar surface area (TPSA) is 96.7 Å². The van der Waals surface area contributed by atoms with E-state index in [1.165, 1.54) is 6.07 Å². The molecule has 108 valence electrons.